The normalized spacial score (nSPS) is 24.7. The highest BCUT2D eigenvalue weighted by molar-refractivity contribution is 6.34. The van der Waals surface area contributed by atoms with Gasteiger partial charge >= 0.3 is 0 Å². The second kappa shape index (κ2) is 4.61. The second-order valence-corrected chi connectivity index (χ2v) is 4.55. The molecule has 1 fully saturated rings. The van der Waals surface area contributed by atoms with E-state index in [-0.39, 0.29) is 28.3 Å². The number of nitrogens with two attached hydrogens (primary N) is 1. The average molecular weight is 263 g/mol. The molecule has 0 amide bonds. The first-order valence-corrected chi connectivity index (χ1v) is 5.75. The number of aliphatic hydroxyl groups is 1. The van der Waals surface area contributed by atoms with Gasteiger partial charge in [0.25, 0.3) is 0 Å². The van der Waals surface area contributed by atoms with E-state index in [4.69, 9.17) is 28.9 Å². The van der Waals surface area contributed by atoms with E-state index >= 15 is 0 Å². The molecule has 88 valence electrons. The molecule has 0 radical (unpaired) electrons. The highest BCUT2D eigenvalue weighted by Gasteiger charge is 2.24. The van der Waals surface area contributed by atoms with E-state index < -0.39 is 0 Å². The molecule has 16 heavy (non-hydrogen) atoms. The standard InChI is InChI=1S/C9H12Cl2N4O/c10-7-6(12)8(15-9(11)14-7)13-4-1-2-5(16)3-4/h4-5,16H,1-3,12H2,(H,13,14,15). The van der Waals surface area contributed by atoms with Gasteiger partial charge in [-0.15, -0.1) is 0 Å². The zero-order valence-electron chi connectivity index (χ0n) is 8.45. The first kappa shape index (κ1) is 11.7. The van der Waals surface area contributed by atoms with Crippen LogP contribution in [0.4, 0.5) is 11.5 Å². The smallest absolute Gasteiger partial charge is 0.225 e. The quantitative estimate of drug-likeness (QED) is 0.558. The summed E-state index contributed by atoms with van der Waals surface area (Å²) < 4.78 is 0. The number of hydrogen-bond donors (Lipinski definition) is 3. The lowest BCUT2D eigenvalue weighted by atomic mass is 10.2. The minimum atomic E-state index is -0.258. The number of rotatable bonds is 2. The summed E-state index contributed by atoms with van der Waals surface area (Å²) in [5, 5.41) is 12.7. The van der Waals surface area contributed by atoms with Gasteiger partial charge in [-0.2, -0.15) is 4.98 Å². The molecule has 0 aliphatic heterocycles. The number of aromatic nitrogens is 2. The van der Waals surface area contributed by atoms with Crippen LogP contribution in [0.3, 0.4) is 0 Å². The predicted octanol–water partition coefficient (Wildman–Crippen LogP) is 1.69. The van der Waals surface area contributed by atoms with Gasteiger partial charge in [-0.1, -0.05) is 11.6 Å². The Bertz CT molecular complexity index is 401. The van der Waals surface area contributed by atoms with Crippen molar-refractivity contribution in [3.05, 3.63) is 10.4 Å². The molecule has 1 saturated carbocycles. The molecule has 5 nitrogen and oxygen atoms in total. The molecule has 1 aliphatic rings. The Hall–Kier alpha value is -0.780. The summed E-state index contributed by atoms with van der Waals surface area (Å²) in [5.74, 6) is 0.434. The number of nitrogen functional groups attached to an aromatic ring is 1. The van der Waals surface area contributed by atoms with E-state index in [0.29, 0.717) is 12.2 Å². The third kappa shape index (κ3) is 2.48. The molecular formula is C9H12Cl2N4O. The lowest BCUT2D eigenvalue weighted by Gasteiger charge is -2.14. The highest BCUT2D eigenvalue weighted by atomic mass is 35.5. The largest absolute Gasteiger partial charge is 0.393 e. The third-order valence-electron chi connectivity index (χ3n) is 2.62. The minimum absolute atomic E-state index is 0.0558. The lowest BCUT2D eigenvalue weighted by molar-refractivity contribution is 0.182. The summed E-state index contributed by atoms with van der Waals surface area (Å²) >= 11 is 11.5. The van der Waals surface area contributed by atoms with Crippen molar-refractivity contribution in [3.63, 3.8) is 0 Å². The van der Waals surface area contributed by atoms with Gasteiger partial charge in [-0.3, -0.25) is 0 Å². The minimum Gasteiger partial charge on any atom is -0.393 e. The van der Waals surface area contributed by atoms with Crippen LogP contribution in [0.5, 0.6) is 0 Å². The van der Waals surface area contributed by atoms with Crippen LogP contribution in [-0.4, -0.2) is 27.2 Å². The first-order chi connectivity index (χ1) is 7.56. The van der Waals surface area contributed by atoms with Gasteiger partial charge in [0.05, 0.1) is 6.10 Å². The van der Waals surface area contributed by atoms with Crippen LogP contribution in [0.1, 0.15) is 19.3 Å². The Morgan fingerprint density at radius 2 is 2.06 bits per heavy atom. The fourth-order valence-corrected chi connectivity index (χ4v) is 2.19. The van der Waals surface area contributed by atoms with Gasteiger partial charge in [0.15, 0.2) is 11.0 Å². The van der Waals surface area contributed by atoms with E-state index in [1.807, 2.05) is 0 Å². The molecule has 1 aromatic heterocycles. The van der Waals surface area contributed by atoms with Crippen molar-refractivity contribution in [2.45, 2.75) is 31.4 Å². The van der Waals surface area contributed by atoms with E-state index in [2.05, 4.69) is 15.3 Å². The molecule has 0 aromatic carbocycles. The monoisotopic (exact) mass is 262 g/mol. The predicted molar refractivity (Wildman–Crippen MR) is 63.7 cm³/mol. The fourth-order valence-electron chi connectivity index (χ4n) is 1.81. The molecule has 2 unspecified atom stereocenters. The zero-order valence-corrected chi connectivity index (χ0v) is 9.96. The Kier molecular flexibility index (Phi) is 3.37. The Balaban J connectivity index is 2.15. The summed E-state index contributed by atoms with van der Waals surface area (Å²) in [4.78, 5) is 7.70. The van der Waals surface area contributed by atoms with Gasteiger partial charge in [-0.25, -0.2) is 4.98 Å². The summed E-state index contributed by atoms with van der Waals surface area (Å²) in [5.41, 5.74) is 6.01. The molecule has 0 saturated heterocycles. The highest BCUT2D eigenvalue weighted by Crippen LogP contribution is 2.29. The van der Waals surface area contributed by atoms with Gasteiger partial charge in [0, 0.05) is 6.04 Å². The molecule has 7 heteroatoms. The summed E-state index contributed by atoms with van der Waals surface area (Å²) in [6.45, 7) is 0. The van der Waals surface area contributed by atoms with Gasteiger partial charge < -0.3 is 16.2 Å². The van der Waals surface area contributed by atoms with Crippen molar-refractivity contribution in [3.8, 4) is 0 Å². The van der Waals surface area contributed by atoms with Gasteiger partial charge in [0.2, 0.25) is 5.28 Å². The molecule has 1 aromatic rings. The van der Waals surface area contributed by atoms with E-state index in [9.17, 15) is 5.11 Å². The van der Waals surface area contributed by atoms with Crippen molar-refractivity contribution in [1.82, 2.24) is 9.97 Å². The number of anilines is 2. The zero-order chi connectivity index (χ0) is 11.7. The molecule has 0 spiro atoms. The van der Waals surface area contributed by atoms with Crippen LogP contribution >= 0.6 is 23.2 Å². The SMILES string of the molecule is Nc1c(Cl)nc(Cl)nc1NC1CCC(O)C1. The number of nitrogens with zero attached hydrogens (tertiary/aromatic N) is 2. The molecular weight excluding hydrogens is 251 g/mol. The molecule has 2 rings (SSSR count). The van der Waals surface area contributed by atoms with Crippen molar-refractivity contribution in [1.29, 1.82) is 0 Å². The van der Waals surface area contributed by atoms with Crippen LogP contribution in [0, 0.1) is 0 Å². The second-order valence-electron chi connectivity index (χ2n) is 3.85. The Labute approximate surface area is 103 Å². The summed E-state index contributed by atoms with van der Waals surface area (Å²) in [6.07, 6.45) is 2.08. The fraction of sp³-hybridized carbons (Fsp3) is 0.556. The lowest BCUT2D eigenvalue weighted by Crippen LogP contribution is -2.18. The van der Waals surface area contributed by atoms with Crippen LogP contribution < -0.4 is 11.1 Å². The van der Waals surface area contributed by atoms with Crippen molar-refractivity contribution < 1.29 is 5.11 Å². The number of nitrogens with one attached hydrogen (secondary N) is 1. The molecule has 2 atom stereocenters. The van der Waals surface area contributed by atoms with Crippen LogP contribution in [0.25, 0.3) is 0 Å². The maximum atomic E-state index is 9.40. The van der Waals surface area contributed by atoms with Crippen molar-refractivity contribution in [2.75, 3.05) is 11.1 Å². The van der Waals surface area contributed by atoms with Crippen LogP contribution in [-0.2, 0) is 0 Å². The summed E-state index contributed by atoms with van der Waals surface area (Å²) in [6, 6.07) is 0.152. The Morgan fingerprint density at radius 3 is 2.69 bits per heavy atom. The number of aliphatic hydroxyl groups excluding tert-OH is 1. The number of hydrogen-bond acceptors (Lipinski definition) is 5. The van der Waals surface area contributed by atoms with E-state index in [1.54, 1.807) is 0 Å². The van der Waals surface area contributed by atoms with Gasteiger partial charge in [-0.05, 0) is 30.9 Å². The molecule has 1 heterocycles. The third-order valence-corrected chi connectivity index (χ3v) is 3.07. The van der Waals surface area contributed by atoms with Crippen LogP contribution in [0.2, 0.25) is 10.4 Å². The average Bonchev–Trinajstić information content (AvgIpc) is 2.60. The summed E-state index contributed by atoms with van der Waals surface area (Å²) in [7, 11) is 0. The van der Waals surface area contributed by atoms with Gasteiger partial charge in [0.1, 0.15) is 5.69 Å². The Morgan fingerprint density at radius 1 is 1.31 bits per heavy atom. The van der Waals surface area contributed by atoms with E-state index in [1.165, 1.54) is 0 Å². The first-order valence-electron chi connectivity index (χ1n) is 4.99. The maximum Gasteiger partial charge on any atom is 0.225 e. The maximum absolute atomic E-state index is 9.40. The van der Waals surface area contributed by atoms with Crippen molar-refractivity contribution >= 4 is 34.7 Å². The van der Waals surface area contributed by atoms with Crippen molar-refractivity contribution in [2.24, 2.45) is 0 Å². The molecule has 1 aliphatic carbocycles. The molecule has 4 N–H and O–H groups in total. The van der Waals surface area contributed by atoms with E-state index in [0.717, 1.165) is 12.8 Å². The van der Waals surface area contributed by atoms with Crippen LogP contribution in [0.15, 0.2) is 0 Å². The topological polar surface area (TPSA) is 84.1 Å². The molecule has 0 bridgehead atoms. The number of halogens is 2.